The summed E-state index contributed by atoms with van der Waals surface area (Å²) in [6, 6.07) is 21.5. The van der Waals surface area contributed by atoms with E-state index < -0.39 is 17.7 Å². The Hall–Kier alpha value is -4.57. The van der Waals surface area contributed by atoms with Gasteiger partial charge >= 0.3 is 0 Å². The fourth-order valence-electron chi connectivity index (χ4n) is 4.20. The Bertz CT molecular complexity index is 1370. The number of rotatable bonds is 9. The molecule has 1 amide bonds. The fourth-order valence-corrected chi connectivity index (χ4v) is 4.20. The number of Topliss-reactive ketones (excluding diaryl/α,β-unsaturated/α-hetero) is 1. The number of nitriles is 1. The number of hydrogen-bond donors (Lipinski definition) is 1. The number of aliphatic hydroxyl groups excluding tert-OH is 1. The van der Waals surface area contributed by atoms with E-state index in [1.165, 1.54) is 4.90 Å². The van der Waals surface area contributed by atoms with Crippen molar-refractivity contribution in [2.75, 3.05) is 18.1 Å². The quantitative estimate of drug-likeness (QED) is 0.215. The maximum absolute atomic E-state index is 13.4. The molecule has 0 aliphatic carbocycles. The Morgan fingerprint density at radius 3 is 2.13 bits per heavy atom. The van der Waals surface area contributed by atoms with Crippen molar-refractivity contribution >= 4 is 23.1 Å². The molecular formula is C31H30N2O5. The van der Waals surface area contributed by atoms with E-state index in [4.69, 9.17) is 9.47 Å². The van der Waals surface area contributed by atoms with Gasteiger partial charge in [-0.05, 0) is 78.6 Å². The van der Waals surface area contributed by atoms with E-state index in [1.807, 2.05) is 6.92 Å². The molecule has 0 aromatic heterocycles. The van der Waals surface area contributed by atoms with Gasteiger partial charge in [0.1, 0.15) is 17.3 Å². The summed E-state index contributed by atoms with van der Waals surface area (Å²) in [5.41, 5.74) is 1.89. The third-order valence-corrected chi connectivity index (χ3v) is 6.10. The molecule has 3 aromatic rings. The maximum atomic E-state index is 13.4. The molecule has 0 spiro atoms. The summed E-state index contributed by atoms with van der Waals surface area (Å²) in [6.07, 6.45) is 0.863. The van der Waals surface area contributed by atoms with Crippen molar-refractivity contribution in [1.82, 2.24) is 0 Å². The number of carbonyl (C=O) groups is 2. The number of hydrogen-bond acceptors (Lipinski definition) is 6. The summed E-state index contributed by atoms with van der Waals surface area (Å²) < 4.78 is 11.4. The number of aliphatic hydroxyl groups is 1. The van der Waals surface area contributed by atoms with Crippen molar-refractivity contribution in [3.05, 3.63) is 95.1 Å². The number of ketones is 1. The molecule has 1 unspecified atom stereocenters. The van der Waals surface area contributed by atoms with Crippen LogP contribution in [0.3, 0.4) is 0 Å². The molecule has 1 atom stereocenters. The predicted octanol–water partition coefficient (Wildman–Crippen LogP) is 6.01. The van der Waals surface area contributed by atoms with Crippen molar-refractivity contribution in [1.29, 1.82) is 5.26 Å². The van der Waals surface area contributed by atoms with E-state index in [0.29, 0.717) is 53.0 Å². The standard InChI is InChI=1S/C31H30N2O5/c1-4-17-37-25-13-7-22(8-14-25)28-27(29(34)23-9-15-26(16-10-23)38-19-20(2)3)30(35)31(36)33(28)24-11-5-21(18-32)6-12-24/h5-16,20,28,34H,4,17,19H2,1-3H3/b29-27+. The van der Waals surface area contributed by atoms with Crippen molar-refractivity contribution in [3.63, 3.8) is 0 Å². The molecule has 7 nitrogen and oxygen atoms in total. The molecule has 194 valence electrons. The van der Waals surface area contributed by atoms with E-state index in [0.717, 1.165) is 6.42 Å². The van der Waals surface area contributed by atoms with Crippen LogP contribution in [-0.2, 0) is 9.59 Å². The molecule has 0 radical (unpaired) electrons. The third-order valence-electron chi connectivity index (χ3n) is 6.10. The molecule has 0 saturated carbocycles. The zero-order chi connectivity index (χ0) is 27.2. The van der Waals surface area contributed by atoms with Gasteiger partial charge in [0.05, 0.1) is 36.5 Å². The molecule has 4 rings (SSSR count). The van der Waals surface area contributed by atoms with Crippen molar-refractivity contribution < 1.29 is 24.2 Å². The van der Waals surface area contributed by atoms with Gasteiger partial charge in [-0.25, -0.2) is 0 Å². The smallest absolute Gasteiger partial charge is 0.300 e. The maximum Gasteiger partial charge on any atom is 0.300 e. The summed E-state index contributed by atoms with van der Waals surface area (Å²) >= 11 is 0. The van der Waals surface area contributed by atoms with Gasteiger partial charge in [-0.1, -0.05) is 32.9 Å². The molecule has 1 aliphatic rings. The van der Waals surface area contributed by atoms with Gasteiger partial charge in [-0.15, -0.1) is 0 Å². The Labute approximate surface area is 222 Å². The number of ether oxygens (including phenoxy) is 2. The van der Waals surface area contributed by atoms with E-state index in [1.54, 1.807) is 72.8 Å². The molecule has 1 fully saturated rings. The van der Waals surface area contributed by atoms with Crippen LogP contribution in [0.1, 0.15) is 49.9 Å². The molecule has 0 bridgehead atoms. The second-order valence-corrected chi connectivity index (χ2v) is 9.47. The van der Waals surface area contributed by atoms with Crippen molar-refractivity contribution in [2.45, 2.75) is 33.2 Å². The van der Waals surface area contributed by atoms with Gasteiger partial charge in [-0.2, -0.15) is 5.26 Å². The minimum Gasteiger partial charge on any atom is -0.507 e. The van der Waals surface area contributed by atoms with Crippen molar-refractivity contribution in [3.8, 4) is 17.6 Å². The second kappa shape index (κ2) is 11.7. The molecule has 1 saturated heterocycles. The van der Waals surface area contributed by atoms with E-state index in [9.17, 15) is 20.0 Å². The first-order valence-electron chi connectivity index (χ1n) is 12.6. The lowest BCUT2D eigenvalue weighted by molar-refractivity contribution is -0.132. The molecular weight excluding hydrogens is 480 g/mol. The first-order valence-corrected chi connectivity index (χ1v) is 12.6. The highest BCUT2D eigenvalue weighted by Crippen LogP contribution is 2.42. The van der Waals surface area contributed by atoms with E-state index in [2.05, 4.69) is 19.9 Å². The van der Waals surface area contributed by atoms with Crippen molar-refractivity contribution in [2.24, 2.45) is 5.92 Å². The van der Waals surface area contributed by atoms with Crippen LogP contribution in [0.25, 0.3) is 5.76 Å². The van der Waals surface area contributed by atoms with Crippen LogP contribution in [0, 0.1) is 17.2 Å². The fraction of sp³-hybridized carbons (Fsp3) is 0.258. The van der Waals surface area contributed by atoms with Crippen LogP contribution in [0.15, 0.2) is 78.4 Å². The zero-order valence-electron chi connectivity index (χ0n) is 21.7. The number of anilines is 1. The zero-order valence-corrected chi connectivity index (χ0v) is 21.7. The summed E-state index contributed by atoms with van der Waals surface area (Å²) in [5, 5.41) is 20.5. The van der Waals surface area contributed by atoms with Crippen LogP contribution in [0.5, 0.6) is 11.5 Å². The molecule has 1 heterocycles. The topological polar surface area (TPSA) is 99.9 Å². The number of carbonyl (C=O) groups excluding carboxylic acids is 2. The van der Waals surface area contributed by atoms with E-state index >= 15 is 0 Å². The number of amides is 1. The van der Waals surface area contributed by atoms with Gasteiger partial charge in [0.25, 0.3) is 11.7 Å². The molecule has 1 aliphatic heterocycles. The number of benzene rings is 3. The normalized spacial score (nSPS) is 16.5. The van der Waals surface area contributed by atoms with Gasteiger partial charge < -0.3 is 14.6 Å². The van der Waals surface area contributed by atoms with Gasteiger partial charge in [0, 0.05) is 11.3 Å². The lowest BCUT2D eigenvalue weighted by atomic mass is 9.95. The highest BCUT2D eigenvalue weighted by Gasteiger charge is 2.47. The van der Waals surface area contributed by atoms with Gasteiger partial charge in [0.2, 0.25) is 0 Å². The lowest BCUT2D eigenvalue weighted by Gasteiger charge is -2.25. The SMILES string of the molecule is CCCOc1ccc(C2/C(=C(\O)c3ccc(OCC(C)C)cc3)C(=O)C(=O)N2c2ccc(C#N)cc2)cc1. The Morgan fingerprint density at radius 1 is 0.947 bits per heavy atom. The van der Waals surface area contributed by atoms with Crippen LogP contribution >= 0.6 is 0 Å². The Kier molecular flexibility index (Phi) is 8.12. The largest absolute Gasteiger partial charge is 0.507 e. The average Bonchev–Trinajstić information content (AvgIpc) is 3.20. The molecule has 1 N–H and O–H groups in total. The Balaban J connectivity index is 1.79. The predicted molar refractivity (Wildman–Crippen MR) is 145 cm³/mol. The van der Waals surface area contributed by atoms with Crippen LogP contribution in [0.4, 0.5) is 5.69 Å². The lowest BCUT2D eigenvalue weighted by Crippen LogP contribution is -2.29. The first-order chi connectivity index (χ1) is 18.3. The average molecular weight is 511 g/mol. The van der Waals surface area contributed by atoms with Crippen LogP contribution in [-0.4, -0.2) is 30.0 Å². The summed E-state index contributed by atoms with van der Waals surface area (Å²) in [7, 11) is 0. The van der Waals surface area contributed by atoms with Crippen LogP contribution < -0.4 is 14.4 Å². The Morgan fingerprint density at radius 2 is 1.55 bits per heavy atom. The monoisotopic (exact) mass is 510 g/mol. The second-order valence-electron chi connectivity index (χ2n) is 9.47. The van der Waals surface area contributed by atoms with Gasteiger partial charge in [0.15, 0.2) is 0 Å². The summed E-state index contributed by atoms with van der Waals surface area (Å²) in [4.78, 5) is 28.0. The highest BCUT2D eigenvalue weighted by atomic mass is 16.5. The molecule has 7 heteroatoms. The number of nitrogens with zero attached hydrogens (tertiary/aromatic N) is 2. The van der Waals surface area contributed by atoms with Gasteiger partial charge in [-0.3, -0.25) is 14.5 Å². The minimum absolute atomic E-state index is 0.0163. The third kappa shape index (κ3) is 5.55. The molecule has 3 aromatic carbocycles. The highest BCUT2D eigenvalue weighted by molar-refractivity contribution is 6.51. The minimum atomic E-state index is -0.875. The van der Waals surface area contributed by atoms with E-state index in [-0.39, 0.29) is 11.3 Å². The summed E-state index contributed by atoms with van der Waals surface area (Å²) in [5.74, 6) is -0.144. The first kappa shape index (κ1) is 26.5. The van der Waals surface area contributed by atoms with Crippen LogP contribution in [0.2, 0.25) is 0 Å². The molecule has 38 heavy (non-hydrogen) atoms. The summed E-state index contributed by atoms with van der Waals surface area (Å²) in [6.45, 7) is 7.24.